The minimum atomic E-state index is -3.00. The van der Waals surface area contributed by atoms with Gasteiger partial charge in [0, 0.05) is 31.1 Å². The average Bonchev–Trinajstić information content (AvgIpc) is 2.54. The molecule has 0 fully saturated rings. The van der Waals surface area contributed by atoms with E-state index in [0.717, 1.165) is 5.69 Å². The number of aliphatic imine (C=N–C) groups is 1. The van der Waals surface area contributed by atoms with Gasteiger partial charge in [0.15, 0.2) is 27.3 Å². The fraction of sp³-hybridized carbons (Fsp3) is 0.533. The zero-order valence-electron chi connectivity index (χ0n) is 14.0. The van der Waals surface area contributed by atoms with Gasteiger partial charge < -0.3 is 20.1 Å². The number of benzene rings is 1. The first-order valence-electron chi connectivity index (χ1n) is 7.44. The van der Waals surface area contributed by atoms with Crippen molar-refractivity contribution in [2.24, 2.45) is 4.99 Å². The van der Waals surface area contributed by atoms with Crippen LogP contribution in [0.2, 0.25) is 0 Å². The Hall–Kier alpha value is -1.96. The SMILES string of the molecule is CCOc1cc(NC(=NC)NCCS(=O)(=O)CC)ccc1OC. The van der Waals surface area contributed by atoms with Gasteiger partial charge in [-0.05, 0) is 19.1 Å². The van der Waals surface area contributed by atoms with Crippen LogP contribution in [0.4, 0.5) is 5.69 Å². The number of methoxy groups -OCH3 is 1. The van der Waals surface area contributed by atoms with Crippen LogP contribution in [0.3, 0.4) is 0 Å². The monoisotopic (exact) mass is 343 g/mol. The largest absolute Gasteiger partial charge is 0.493 e. The molecule has 2 N–H and O–H groups in total. The third-order valence-electron chi connectivity index (χ3n) is 3.10. The van der Waals surface area contributed by atoms with Crippen molar-refractivity contribution in [3.8, 4) is 11.5 Å². The van der Waals surface area contributed by atoms with Crippen LogP contribution >= 0.6 is 0 Å². The van der Waals surface area contributed by atoms with Crippen molar-refractivity contribution in [2.75, 3.05) is 44.1 Å². The molecule has 0 aliphatic rings. The number of sulfone groups is 1. The van der Waals surface area contributed by atoms with Crippen LogP contribution in [0.15, 0.2) is 23.2 Å². The van der Waals surface area contributed by atoms with E-state index in [1.54, 1.807) is 33.2 Å². The fourth-order valence-electron chi connectivity index (χ4n) is 1.81. The summed E-state index contributed by atoms with van der Waals surface area (Å²) in [6.07, 6.45) is 0. The summed E-state index contributed by atoms with van der Waals surface area (Å²) < 4.78 is 33.7. The molecule has 0 spiro atoms. The lowest BCUT2D eigenvalue weighted by Gasteiger charge is -2.14. The van der Waals surface area contributed by atoms with Crippen LogP contribution < -0.4 is 20.1 Å². The Kier molecular flexibility index (Phi) is 7.67. The van der Waals surface area contributed by atoms with Gasteiger partial charge in [0.2, 0.25) is 0 Å². The first-order valence-corrected chi connectivity index (χ1v) is 9.26. The van der Waals surface area contributed by atoms with Crippen molar-refractivity contribution in [1.82, 2.24) is 5.32 Å². The highest BCUT2D eigenvalue weighted by Crippen LogP contribution is 2.30. The van der Waals surface area contributed by atoms with E-state index < -0.39 is 9.84 Å². The number of nitrogens with one attached hydrogen (secondary N) is 2. The highest BCUT2D eigenvalue weighted by Gasteiger charge is 2.09. The van der Waals surface area contributed by atoms with E-state index in [1.807, 2.05) is 13.0 Å². The summed E-state index contributed by atoms with van der Waals surface area (Å²) in [5.74, 6) is 1.97. The lowest BCUT2D eigenvalue weighted by molar-refractivity contribution is 0.311. The summed E-state index contributed by atoms with van der Waals surface area (Å²) in [5.41, 5.74) is 0.765. The van der Waals surface area contributed by atoms with Gasteiger partial charge in [-0.2, -0.15) is 0 Å². The predicted octanol–water partition coefficient (Wildman–Crippen LogP) is 1.52. The molecule has 7 nitrogen and oxygen atoms in total. The second kappa shape index (κ2) is 9.24. The number of hydrogen-bond donors (Lipinski definition) is 2. The summed E-state index contributed by atoms with van der Waals surface area (Å²) in [6, 6.07) is 5.43. The molecular formula is C15H25N3O4S. The summed E-state index contributed by atoms with van der Waals surface area (Å²) >= 11 is 0. The zero-order valence-corrected chi connectivity index (χ0v) is 14.9. The number of anilines is 1. The molecule has 1 aromatic carbocycles. The smallest absolute Gasteiger partial charge is 0.195 e. The van der Waals surface area contributed by atoms with Crippen LogP contribution in [0, 0.1) is 0 Å². The molecule has 8 heteroatoms. The van der Waals surface area contributed by atoms with Crippen LogP contribution in [0.1, 0.15) is 13.8 Å². The molecule has 0 bridgehead atoms. The van der Waals surface area contributed by atoms with Crippen molar-refractivity contribution >= 4 is 21.5 Å². The van der Waals surface area contributed by atoms with Gasteiger partial charge in [0.25, 0.3) is 0 Å². The van der Waals surface area contributed by atoms with E-state index in [0.29, 0.717) is 30.6 Å². The molecule has 0 atom stereocenters. The van der Waals surface area contributed by atoms with E-state index in [9.17, 15) is 8.42 Å². The Bertz CT molecular complexity index is 630. The van der Waals surface area contributed by atoms with Gasteiger partial charge in [0.1, 0.15) is 0 Å². The van der Waals surface area contributed by atoms with Crippen molar-refractivity contribution in [3.05, 3.63) is 18.2 Å². The van der Waals surface area contributed by atoms with Gasteiger partial charge in [0.05, 0.1) is 19.5 Å². The van der Waals surface area contributed by atoms with Gasteiger partial charge in [-0.15, -0.1) is 0 Å². The molecule has 0 aliphatic carbocycles. The van der Waals surface area contributed by atoms with Crippen LogP contribution in [0.25, 0.3) is 0 Å². The third kappa shape index (κ3) is 6.35. The van der Waals surface area contributed by atoms with Gasteiger partial charge in [-0.25, -0.2) is 8.42 Å². The number of nitrogens with zero attached hydrogens (tertiary/aromatic N) is 1. The van der Waals surface area contributed by atoms with E-state index in [4.69, 9.17) is 9.47 Å². The molecule has 0 aliphatic heterocycles. The van der Waals surface area contributed by atoms with Gasteiger partial charge >= 0.3 is 0 Å². The van der Waals surface area contributed by atoms with Crippen molar-refractivity contribution in [2.45, 2.75) is 13.8 Å². The Labute approximate surface area is 138 Å². The van der Waals surface area contributed by atoms with E-state index >= 15 is 0 Å². The van der Waals surface area contributed by atoms with Crippen molar-refractivity contribution in [3.63, 3.8) is 0 Å². The molecule has 130 valence electrons. The molecule has 0 amide bonds. The molecule has 0 unspecified atom stereocenters. The average molecular weight is 343 g/mol. The van der Waals surface area contributed by atoms with E-state index in [-0.39, 0.29) is 11.5 Å². The van der Waals surface area contributed by atoms with E-state index in [2.05, 4.69) is 15.6 Å². The van der Waals surface area contributed by atoms with E-state index in [1.165, 1.54) is 0 Å². The Morgan fingerprint density at radius 2 is 2.00 bits per heavy atom. The highest BCUT2D eigenvalue weighted by atomic mass is 32.2. The molecule has 0 saturated carbocycles. The summed E-state index contributed by atoms with van der Waals surface area (Å²) in [6.45, 7) is 4.36. The molecular weight excluding hydrogens is 318 g/mol. The highest BCUT2D eigenvalue weighted by molar-refractivity contribution is 7.91. The first kappa shape index (κ1) is 19.1. The number of guanidine groups is 1. The Morgan fingerprint density at radius 1 is 1.26 bits per heavy atom. The molecule has 23 heavy (non-hydrogen) atoms. The lowest BCUT2D eigenvalue weighted by Crippen LogP contribution is -2.34. The molecule has 0 heterocycles. The molecule has 0 saturated heterocycles. The molecule has 1 rings (SSSR count). The summed E-state index contributed by atoms with van der Waals surface area (Å²) in [5, 5.41) is 6.07. The lowest BCUT2D eigenvalue weighted by atomic mass is 10.2. The molecule has 0 aromatic heterocycles. The maximum atomic E-state index is 11.5. The number of hydrogen-bond acceptors (Lipinski definition) is 5. The van der Waals surface area contributed by atoms with Crippen molar-refractivity contribution in [1.29, 1.82) is 0 Å². The topological polar surface area (TPSA) is 89.0 Å². The second-order valence-corrected chi connectivity index (χ2v) is 7.13. The second-order valence-electron chi connectivity index (χ2n) is 4.66. The quantitative estimate of drug-likeness (QED) is 0.549. The third-order valence-corrected chi connectivity index (χ3v) is 4.80. The number of rotatable bonds is 8. The predicted molar refractivity (Wildman–Crippen MR) is 93.5 cm³/mol. The minimum Gasteiger partial charge on any atom is -0.493 e. The van der Waals surface area contributed by atoms with Crippen LogP contribution in [0.5, 0.6) is 11.5 Å². The summed E-state index contributed by atoms with van der Waals surface area (Å²) in [7, 11) is 0.203. The Morgan fingerprint density at radius 3 is 2.57 bits per heavy atom. The minimum absolute atomic E-state index is 0.0665. The molecule has 1 aromatic rings. The maximum Gasteiger partial charge on any atom is 0.195 e. The van der Waals surface area contributed by atoms with Gasteiger partial charge in [-0.3, -0.25) is 4.99 Å². The van der Waals surface area contributed by atoms with Gasteiger partial charge in [-0.1, -0.05) is 6.92 Å². The van der Waals surface area contributed by atoms with Crippen molar-refractivity contribution < 1.29 is 17.9 Å². The number of ether oxygens (including phenoxy) is 2. The fourth-order valence-corrected chi connectivity index (χ4v) is 2.51. The first-order chi connectivity index (χ1) is 11.0. The van der Waals surface area contributed by atoms with Crippen LogP contribution in [-0.2, 0) is 9.84 Å². The standard InChI is InChI=1S/C15H25N3O4S/c1-5-22-14-11-12(7-8-13(14)21-4)18-15(16-3)17-9-10-23(19,20)6-2/h7-8,11H,5-6,9-10H2,1-4H3,(H2,16,17,18). The summed E-state index contributed by atoms with van der Waals surface area (Å²) in [4.78, 5) is 4.07. The molecule has 0 radical (unpaired) electrons. The Balaban J connectivity index is 2.70. The van der Waals surface area contributed by atoms with Crippen LogP contribution in [-0.4, -0.2) is 53.2 Å². The zero-order chi connectivity index (χ0) is 17.3. The normalized spacial score (nSPS) is 11.9. The maximum absolute atomic E-state index is 11.5.